The first-order valence-electron chi connectivity index (χ1n) is 5.85. The summed E-state index contributed by atoms with van der Waals surface area (Å²) >= 11 is 0. The predicted molar refractivity (Wildman–Crippen MR) is 68.3 cm³/mol. The molecule has 102 valence electrons. The summed E-state index contributed by atoms with van der Waals surface area (Å²) < 4.78 is 46.2. The van der Waals surface area contributed by atoms with Crippen LogP contribution < -0.4 is 5.73 Å². The summed E-state index contributed by atoms with van der Waals surface area (Å²) in [5.41, 5.74) is 5.59. The summed E-state index contributed by atoms with van der Waals surface area (Å²) in [5.74, 6) is -0.566. The highest BCUT2D eigenvalue weighted by atomic mass is 32.2. The number of nitrogens with two attached hydrogens (primary N) is 1. The fourth-order valence-electron chi connectivity index (χ4n) is 2.33. The minimum absolute atomic E-state index is 0.00619. The Kier molecular flexibility index (Phi) is 4.97. The minimum atomic E-state index is -3.34. The van der Waals surface area contributed by atoms with Gasteiger partial charge >= 0.3 is 0 Å². The quantitative estimate of drug-likeness (QED) is 0.764. The van der Waals surface area contributed by atoms with Gasteiger partial charge in [-0.2, -0.15) is 0 Å². The fourth-order valence-corrected chi connectivity index (χ4v) is 6.14. The highest BCUT2D eigenvalue weighted by Crippen LogP contribution is 2.29. The molecule has 0 heterocycles. The van der Waals surface area contributed by atoms with E-state index in [1.54, 1.807) is 0 Å². The van der Waals surface area contributed by atoms with Crippen LogP contribution in [-0.2, 0) is 19.7 Å². The molecule has 0 bridgehead atoms. The zero-order chi connectivity index (χ0) is 13.1. The minimum Gasteiger partial charge on any atom is -0.330 e. The Morgan fingerprint density at radius 3 is 2.18 bits per heavy atom. The third-order valence-corrected chi connectivity index (χ3v) is 6.86. The predicted octanol–water partition coefficient (Wildman–Crippen LogP) is -0.0367. The van der Waals surface area contributed by atoms with E-state index in [4.69, 9.17) is 5.73 Å². The molecule has 2 atom stereocenters. The van der Waals surface area contributed by atoms with Crippen molar-refractivity contribution in [3.63, 3.8) is 0 Å². The molecule has 2 unspecified atom stereocenters. The second-order valence-electron chi connectivity index (χ2n) is 4.82. The van der Waals surface area contributed by atoms with Gasteiger partial charge in [-0.25, -0.2) is 16.8 Å². The van der Waals surface area contributed by atoms with Crippen LogP contribution in [0.4, 0.5) is 0 Å². The molecule has 1 aliphatic carbocycles. The monoisotopic (exact) mass is 283 g/mol. The summed E-state index contributed by atoms with van der Waals surface area (Å²) in [6, 6.07) is 0. The second kappa shape index (κ2) is 5.67. The molecule has 0 aromatic rings. The van der Waals surface area contributed by atoms with Crippen LogP contribution in [0.5, 0.6) is 0 Å². The molecule has 0 saturated heterocycles. The van der Waals surface area contributed by atoms with E-state index in [2.05, 4.69) is 0 Å². The number of sulfone groups is 2. The first-order chi connectivity index (χ1) is 7.76. The van der Waals surface area contributed by atoms with E-state index >= 15 is 0 Å². The highest BCUT2D eigenvalue weighted by molar-refractivity contribution is 7.95. The molecule has 0 aromatic carbocycles. The van der Waals surface area contributed by atoms with Gasteiger partial charge in [-0.1, -0.05) is 12.8 Å². The number of hydrogen-bond donors (Lipinski definition) is 1. The van der Waals surface area contributed by atoms with Crippen molar-refractivity contribution in [2.24, 2.45) is 11.7 Å². The van der Waals surface area contributed by atoms with Crippen molar-refractivity contribution in [1.82, 2.24) is 0 Å². The molecule has 2 N–H and O–H groups in total. The first kappa shape index (κ1) is 14.9. The van der Waals surface area contributed by atoms with Crippen molar-refractivity contribution in [2.45, 2.75) is 30.9 Å². The molecule has 0 aromatic heterocycles. The lowest BCUT2D eigenvalue weighted by molar-refractivity contribution is 0.363. The third kappa shape index (κ3) is 4.56. The molecule has 0 amide bonds. The van der Waals surface area contributed by atoms with E-state index in [9.17, 15) is 16.8 Å². The molecule has 0 spiro atoms. The molecule has 17 heavy (non-hydrogen) atoms. The van der Waals surface area contributed by atoms with Gasteiger partial charge in [0.15, 0.2) is 9.84 Å². The van der Waals surface area contributed by atoms with Crippen LogP contribution in [0.15, 0.2) is 0 Å². The molecule has 0 radical (unpaired) electrons. The Labute approximate surface area is 104 Å². The van der Waals surface area contributed by atoms with E-state index in [0.717, 1.165) is 25.5 Å². The molecule has 5 nitrogen and oxygen atoms in total. The van der Waals surface area contributed by atoms with Gasteiger partial charge in [-0.05, 0) is 25.3 Å². The molecule has 7 heteroatoms. The lowest BCUT2D eigenvalue weighted by atomic mass is 9.89. The summed E-state index contributed by atoms with van der Waals surface area (Å²) in [4.78, 5) is 0. The SMILES string of the molecule is CS(=O)(=O)CCS(=O)(=O)C1CCCCC1CN. The topological polar surface area (TPSA) is 94.3 Å². The van der Waals surface area contributed by atoms with Crippen LogP contribution in [-0.4, -0.2) is 46.4 Å². The Bertz CT molecular complexity index is 441. The molecular formula is C10H21NO4S2. The second-order valence-corrected chi connectivity index (χ2v) is 9.41. The maximum absolute atomic E-state index is 12.1. The average molecular weight is 283 g/mol. The van der Waals surface area contributed by atoms with Crippen molar-refractivity contribution in [3.05, 3.63) is 0 Å². The van der Waals surface area contributed by atoms with Crippen LogP contribution in [0.1, 0.15) is 25.7 Å². The molecular weight excluding hydrogens is 262 g/mol. The molecule has 0 aliphatic heterocycles. The fraction of sp³-hybridized carbons (Fsp3) is 1.00. The Balaban J connectivity index is 2.74. The molecule has 1 saturated carbocycles. The third-order valence-electron chi connectivity index (χ3n) is 3.34. The van der Waals surface area contributed by atoms with Crippen LogP contribution in [0.2, 0.25) is 0 Å². The van der Waals surface area contributed by atoms with Gasteiger partial charge in [-0.3, -0.25) is 0 Å². The van der Waals surface area contributed by atoms with Crippen molar-refractivity contribution >= 4 is 19.7 Å². The van der Waals surface area contributed by atoms with Crippen molar-refractivity contribution in [1.29, 1.82) is 0 Å². The summed E-state index contributed by atoms with van der Waals surface area (Å²) in [7, 11) is -6.57. The van der Waals surface area contributed by atoms with E-state index in [1.807, 2.05) is 0 Å². The molecule has 1 fully saturated rings. The zero-order valence-electron chi connectivity index (χ0n) is 10.1. The number of rotatable bonds is 5. The lowest BCUT2D eigenvalue weighted by Gasteiger charge is -2.30. The molecule has 1 rings (SSSR count). The van der Waals surface area contributed by atoms with Crippen molar-refractivity contribution in [2.75, 3.05) is 24.3 Å². The van der Waals surface area contributed by atoms with Gasteiger partial charge in [0.25, 0.3) is 0 Å². The summed E-state index contributed by atoms with van der Waals surface area (Å²) in [5, 5.41) is -0.442. The van der Waals surface area contributed by atoms with Gasteiger partial charge in [0.1, 0.15) is 9.84 Å². The average Bonchev–Trinajstić information content (AvgIpc) is 2.26. The van der Waals surface area contributed by atoms with Gasteiger partial charge in [-0.15, -0.1) is 0 Å². The summed E-state index contributed by atoms with van der Waals surface area (Å²) in [6.07, 6.45) is 4.41. The van der Waals surface area contributed by atoms with Crippen molar-refractivity contribution < 1.29 is 16.8 Å². The number of hydrogen-bond acceptors (Lipinski definition) is 5. The summed E-state index contributed by atoms with van der Waals surface area (Å²) in [6.45, 7) is 0.364. The van der Waals surface area contributed by atoms with Crippen LogP contribution in [0.3, 0.4) is 0 Å². The first-order valence-corrected chi connectivity index (χ1v) is 9.63. The van der Waals surface area contributed by atoms with Crippen molar-refractivity contribution in [3.8, 4) is 0 Å². The van der Waals surface area contributed by atoms with Gasteiger partial charge in [0, 0.05) is 6.26 Å². The normalized spacial score (nSPS) is 26.9. The maximum Gasteiger partial charge on any atom is 0.154 e. The van der Waals surface area contributed by atoms with E-state index < -0.39 is 24.9 Å². The maximum atomic E-state index is 12.1. The Morgan fingerprint density at radius 2 is 1.65 bits per heavy atom. The smallest absolute Gasteiger partial charge is 0.154 e. The Morgan fingerprint density at radius 1 is 1.06 bits per heavy atom. The highest BCUT2D eigenvalue weighted by Gasteiger charge is 2.34. The van der Waals surface area contributed by atoms with Gasteiger partial charge in [0.05, 0.1) is 16.8 Å². The van der Waals surface area contributed by atoms with Crippen LogP contribution in [0.25, 0.3) is 0 Å². The Hall–Kier alpha value is -0.140. The molecule has 1 aliphatic rings. The lowest BCUT2D eigenvalue weighted by Crippen LogP contribution is -2.39. The van der Waals surface area contributed by atoms with E-state index in [-0.39, 0.29) is 17.4 Å². The van der Waals surface area contributed by atoms with Crippen LogP contribution >= 0.6 is 0 Å². The van der Waals surface area contributed by atoms with E-state index in [0.29, 0.717) is 13.0 Å². The van der Waals surface area contributed by atoms with E-state index in [1.165, 1.54) is 0 Å². The van der Waals surface area contributed by atoms with Crippen LogP contribution in [0, 0.1) is 5.92 Å². The standard InChI is InChI=1S/C10H21NO4S2/c1-16(12,13)6-7-17(14,15)10-5-3-2-4-9(10)8-11/h9-10H,2-8,11H2,1H3. The zero-order valence-corrected chi connectivity index (χ0v) is 11.8. The largest absolute Gasteiger partial charge is 0.330 e. The van der Waals surface area contributed by atoms with Gasteiger partial charge in [0.2, 0.25) is 0 Å². The van der Waals surface area contributed by atoms with Gasteiger partial charge < -0.3 is 5.73 Å².